The number of fused-ring (bicyclic) bond motifs is 1. The van der Waals surface area contributed by atoms with Crippen molar-refractivity contribution in [3.8, 4) is 0 Å². The second kappa shape index (κ2) is 3.54. The van der Waals surface area contributed by atoms with E-state index in [1.807, 2.05) is 4.98 Å². The normalized spacial score (nSPS) is 11.9. The maximum absolute atomic E-state index is 11.4. The first-order valence-corrected chi connectivity index (χ1v) is 5.97. The highest BCUT2D eigenvalue weighted by atomic mass is 32.2. The fraction of sp³-hybridized carbons (Fsp3) is 0.111. The molecule has 0 saturated carbocycles. The summed E-state index contributed by atoms with van der Waals surface area (Å²) >= 11 is 0. The highest BCUT2D eigenvalue weighted by molar-refractivity contribution is 7.85. The number of aromatic amines is 2. The van der Waals surface area contributed by atoms with E-state index in [0.717, 1.165) is 6.07 Å². The molecule has 1 aromatic heterocycles. The summed E-state index contributed by atoms with van der Waals surface area (Å²) in [5.74, 6) is 0. The first-order chi connectivity index (χ1) is 7.79. The number of rotatable bonds is 1. The van der Waals surface area contributed by atoms with E-state index in [1.165, 1.54) is 13.0 Å². The van der Waals surface area contributed by atoms with E-state index in [0.29, 0.717) is 0 Å². The summed E-state index contributed by atoms with van der Waals surface area (Å²) in [4.78, 5) is 26.4. The molecule has 8 heteroatoms. The van der Waals surface area contributed by atoms with Gasteiger partial charge in [0, 0.05) is 0 Å². The first-order valence-electron chi connectivity index (χ1n) is 4.53. The molecule has 0 bridgehead atoms. The molecule has 7 nitrogen and oxygen atoms in total. The molecule has 0 aliphatic carbocycles. The van der Waals surface area contributed by atoms with Gasteiger partial charge in [0.15, 0.2) is 0 Å². The van der Waals surface area contributed by atoms with Gasteiger partial charge >= 0.3 is 5.69 Å². The van der Waals surface area contributed by atoms with Gasteiger partial charge in [-0.15, -0.1) is 0 Å². The van der Waals surface area contributed by atoms with Crippen molar-refractivity contribution >= 4 is 21.0 Å². The summed E-state index contributed by atoms with van der Waals surface area (Å²) < 4.78 is 31.1. The molecule has 2 rings (SSSR count). The lowest BCUT2D eigenvalue weighted by Crippen LogP contribution is -2.22. The number of aromatic nitrogens is 2. The topological polar surface area (TPSA) is 120 Å². The van der Waals surface area contributed by atoms with Crippen molar-refractivity contribution in [3.63, 3.8) is 0 Å². The largest absolute Gasteiger partial charge is 0.326 e. The van der Waals surface area contributed by atoms with Crippen LogP contribution in [-0.4, -0.2) is 22.9 Å². The standard InChI is InChI=1S/C9H8N2O5S/c1-4-2-5-6(3-7(4)17(14,15)16)10-9(13)11-8(5)12/h2-3H,1H3,(H,14,15,16)(H2,10,11,12,13). The molecule has 0 unspecified atom stereocenters. The zero-order chi connectivity index (χ0) is 12.8. The summed E-state index contributed by atoms with van der Waals surface area (Å²) in [6.07, 6.45) is 0. The van der Waals surface area contributed by atoms with Crippen LogP contribution in [-0.2, 0) is 10.1 Å². The SMILES string of the molecule is Cc1cc2c(=O)[nH]c(=O)[nH]c2cc1S(=O)(=O)O. The lowest BCUT2D eigenvalue weighted by atomic mass is 10.2. The van der Waals surface area contributed by atoms with Crippen LogP contribution in [0.5, 0.6) is 0 Å². The lowest BCUT2D eigenvalue weighted by Gasteiger charge is -2.04. The second-order valence-corrected chi connectivity index (χ2v) is 4.94. The van der Waals surface area contributed by atoms with Gasteiger partial charge in [-0.05, 0) is 24.6 Å². The summed E-state index contributed by atoms with van der Waals surface area (Å²) in [6.45, 7) is 1.44. The van der Waals surface area contributed by atoms with Crippen LogP contribution in [0.4, 0.5) is 0 Å². The van der Waals surface area contributed by atoms with Crippen molar-refractivity contribution in [1.29, 1.82) is 0 Å². The van der Waals surface area contributed by atoms with Crippen LogP contribution >= 0.6 is 0 Å². The van der Waals surface area contributed by atoms with Crippen LogP contribution in [0.1, 0.15) is 5.56 Å². The van der Waals surface area contributed by atoms with E-state index in [4.69, 9.17) is 4.55 Å². The zero-order valence-electron chi connectivity index (χ0n) is 8.64. The molecule has 0 amide bonds. The van der Waals surface area contributed by atoms with Crippen molar-refractivity contribution in [2.45, 2.75) is 11.8 Å². The molecule has 2 aromatic rings. The molecular formula is C9H8N2O5S. The Morgan fingerprint density at radius 1 is 1.18 bits per heavy atom. The Morgan fingerprint density at radius 2 is 1.82 bits per heavy atom. The Labute approximate surface area is 94.9 Å². The average molecular weight is 256 g/mol. The molecule has 0 fully saturated rings. The number of benzene rings is 1. The molecule has 0 spiro atoms. The van der Waals surface area contributed by atoms with Gasteiger partial charge in [-0.3, -0.25) is 14.3 Å². The Kier molecular flexibility index (Phi) is 2.40. The molecule has 0 aliphatic heterocycles. The van der Waals surface area contributed by atoms with Crippen LogP contribution in [0.2, 0.25) is 0 Å². The Bertz CT molecular complexity index is 815. The van der Waals surface area contributed by atoms with Gasteiger partial charge in [0.25, 0.3) is 15.7 Å². The maximum atomic E-state index is 11.4. The van der Waals surface area contributed by atoms with E-state index in [9.17, 15) is 18.0 Å². The highest BCUT2D eigenvalue weighted by Gasteiger charge is 2.15. The summed E-state index contributed by atoms with van der Waals surface area (Å²) in [5, 5.41) is 0.148. The quantitative estimate of drug-likeness (QED) is 0.609. The third-order valence-electron chi connectivity index (χ3n) is 2.31. The molecule has 17 heavy (non-hydrogen) atoms. The van der Waals surface area contributed by atoms with Crippen molar-refractivity contribution < 1.29 is 13.0 Å². The molecule has 0 atom stereocenters. The van der Waals surface area contributed by atoms with Gasteiger partial charge in [0.05, 0.1) is 15.8 Å². The number of H-pyrrole nitrogens is 2. The Balaban J connectivity index is 3.01. The van der Waals surface area contributed by atoms with Gasteiger partial charge < -0.3 is 4.98 Å². The molecule has 1 aromatic carbocycles. The van der Waals surface area contributed by atoms with Gasteiger partial charge in [-0.1, -0.05) is 0 Å². The molecule has 90 valence electrons. The highest BCUT2D eigenvalue weighted by Crippen LogP contribution is 2.18. The van der Waals surface area contributed by atoms with Crippen LogP contribution in [0.15, 0.2) is 26.6 Å². The van der Waals surface area contributed by atoms with Gasteiger partial charge in [0.2, 0.25) is 0 Å². The van der Waals surface area contributed by atoms with E-state index in [-0.39, 0.29) is 21.4 Å². The summed E-state index contributed by atoms with van der Waals surface area (Å²) in [6, 6.07) is 2.34. The number of hydrogen-bond acceptors (Lipinski definition) is 4. The minimum atomic E-state index is -4.38. The van der Waals surface area contributed by atoms with Gasteiger partial charge in [-0.25, -0.2) is 4.79 Å². The van der Waals surface area contributed by atoms with Crippen molar-refractivity contribution in [2.24, 2.45) is 0 Å². The second-order valence-electron chi connectivity index (χ2n) is 3.55. The van der Waals surface area contributed by atoms with Crippen molar-refractivity contribution in [3.05, 3.63) is 38.5 Å². The Morgan fingerprint density at radius 3 is 2.41 bits per heavy atom. The molecule has 0 saturated heterocycles. The fourth-order valence-corrected chi connectivity index (χ4v) is 2.31. The van der Waals surface area contributed by atoms with Crippen LogP contribution in [0.3, 0.4) is 0 Å². The fourth-order valence-electron chi connectivity index (χ4n) is 1.58. The average Bonchev–Trinajstić information content (AvgIpc) is 2.16. The summed E-state index contributed by atoms with van der Waals surface area (Å²) in [5.41, 5.74) is -1.09. The minimum Gasteiger partial charge on any atom is -0.307 e. The van der Waals surface area contributed by atoms with Crippen LogP contribution in [0.25, 0.3) is 10.9 Å². The van der Waals surface area contributed by atoms with E-state index >= 15 is 0 Å². The third-order valence-corrected chi connectivity index (χ3v) is 3.31. The number of hydrogen-bond donors (Lipinski definition) is 3. The van der Waals surface area contributed by atoms with Gasteiger partial charge in [0.1, 0.15) is 0 Å². The van der Waals surface area contributed by atoms with E-state index in [1.54, 1.807) is 0 Å². The molecule has 1 heterocycles. The predicted octanol–water partition coefficient (Wildman–Crippen LogP) is -0.228. The smallest absolute Gasteiger partial charge is 0.307 e. The third kappa shape index (κ3) is 1.99. The van der Waals surface area contributed by atoms with Crippen molar-refractivity contribution in [1.82, 2.24) is 9.97 Å². The number of nitrogens with one attached hydrogen (secondary N) is 2. The number of aryl methyl sites for hydroxylation is 1. The lowest BCUT2D eigenvalue weighted by molar-refractivity contribution is 0.482. The van der Waals surface area contributed by atoms with Gasteiger partial charge in [-0.2, -0.15) is 8.42 Å². The van der Waals surface area contributed by atoms with Crippen LogP contribution < -0.4 is 11.2 Å². The van der Waals surface area contributed by atoms with Crippen LogP contribution in [0, 0.1) is 6.92 Å². The van der Waals surface area contributed by atoms with E-state index in [2.05, 4.69) is 4.98 Å². The summed E-state index contributed by atoms with van der Waals surface area (Å²) in [7, 11) is -4.38. The molecule has 3 N–H and O–H groups in total. The Hall–Kier alpha value is -1.93. The molecule has 0 radical (unpaired) electrons. The minimum absolute atomic E-state index is 0.0528. The molecular weight excluding hydrogens is 248 g/mol. The first kappa shape index (κ1) is 11.6. The zero-order valence-corrected chi connectivity index (χ0v) is 9.46. The maximum Gasteiger partial charge on any atom is 0.326 e. The molecule has 0 aliphatic rings. The van der Waals surface area contributed by atoms with Crippen molar-refractivity contribution in [2.75, 3.05) is 0 Å². The predicted molar refractivity (Wildman–Crippen MR) is 59.7 cm³/mol. The van der Waals surface area contributed by atoms with E-state index < -0.39 is 21.4 Å². The monoisotopic (exact) mass is 256 g/mol.